The Morgan fingerprint density at radius 1 is 1.38 bits per heavy atom. The van der Waals surface area contributed by atoms with Crippen LogP contribution in [0.3, 0.4) is 0 Å². The molecule has 118 valence electrons. The van der Waals surface area contributed by atoms with Gasteiger partial charge < -0.3 is 15.8 Å². The lowest BCUT2D eigenvalue weighted by atomic mass is 10.1. The molecule has 1 aromatic carbocycles. The average Bonchev–Trinajstić information content (AvgIpc) is 2.43. The third-order valence-corrected chi connectivity index (χ3v) is 2.98. The zero-order chi connectivity index (χ0) is 15.9. The quantitative estimate of drug-likeness (QED) is 0.813. The first-order valence-corrected chi connectivity index (χ1v) is 6.53. The van der Waals surface area contributed by atoms with Crippen molar-refractivity contribution in [2.45, 2.75) is 31.5 Å². The minimum absolute atomic E-state index is 0.0562. The van der Waals surface area contributed by atoms with Crippen molar-refractivity contribution in [3.05, 3.63) is 29.8 Å². The van der Waals surface area contributed by atoms with Crippen LogP contribution in [0.2, 0.25) is 0 Å². The van der Waals surface area contributed by atoms with Gasteiger partial charge in [-0.15, -0.1) is 0 Å². The van der Waals surface area contributed by atoms with Crippen molar-refractivity contribution in [2.24, 2.45) is 5.73 Å². The van der Waals surface area contributed by atoms with Gasteiger partial charge in [-0.2, -0.15) is 13.2 Å². The van der Waals surface area contributed by atoms with Crippen LogP contribution in [0, 0.1) is 0 Å². The first kappa shape index (κ1) is 17.5. The van der Waals surface area contributed by atoms with Gasteiger partial charge in [0.1, 0.15) is 0 Å². The molecule has 1 rings (SSSR count). The van der Waals surface area contributed by atoms with E-state index in [1.807, 2.05) is 0 Å². The summed E-state index contributed by atoms with van der Waals surface area (Å²) in [6, 6.07) is 6.44. The average molecular weight is 304 g/mol. The maximum absolute atomic E-state index is 12.3. The standard InChI is InChI=1S/C14H19F3N2O2/c1-21-11(9-18)8-13(20)19-12-5-3-2-4-10(12)6-7-14(15,16)17/h2-5,11H,6-9,18H2,1H3,(H,19,20). The first-order chi connectivity index (χ1) is 9.85. The van der Waals surface area contributed by atoms with E-state index in [1.54, 1.807) is 24.3 Å². The number of ether oxygens (including phenoxy) is 1. The Balaban J connectivity index is 2.68. The van der Waals surface area contributed by atoms with Crippen LogP contribution in [0.4, 0.5) is 18.9 Å². The molecule has 0 aliphatic rings. The molecule has 0 aliphatic carbocycles. The molecule has 3 N–H and O–H groups in total. The van der Waals surface area contributed by atoms with E-state index >= 15 is 0 Å². The molecule has 0 fully saturated rings. The fourth-order valence-electron chi connectivity index (χ4n) is 1.81. The molecule has 4 nitrogen and oxygen atoms in total. The lowest BCUT2D eigenvalue weighted by Gasteiger charge is -2.15. The summed E-state index contributed by atoms with van der Waals surface area (Å²) in [7, 11) is 1.45. The Hall–Kier alpha value is -1.60. The highest BCUT2D eigenvalue weighted by atomic mass is 19.4. The van der Waals surface area contributed by atoms with Gasteiger partial charge in [-0.3, -0.25) is 4.79 Å². The fourth-order valence-corrected chi connectivity index (χ4v) is 1.81. The van der Waals surface area contributed by atoms with E-state index in [0.717, 1.165) is 0 Å². The zero-order valence-electron chi connectivity index (χ0n) is 11.7. The Bertz CT molecular complexity index is 460. The van der Waals surface area contributed by atoms with Crippen LogP contribution in [0.25, 0.3) is 0 Å². The van der Waals surface area contributed by atoms with Gasteiger partial charge >= 0.3 is 6.18 Å². The van der Waals surface area contributed by atoms with E-state index in [4.69, 9.17) is 10.5 Å². The van der Waals surface area contributed by atoms with Crippen molar-refractivity contribution in [1.29, 1.82) is 0 Å². The monoisotopic (exact) mass is 304 g/mol. The van der Waals surface area contributed by atoms with E-state index in [0.29, 0.717) is 11.3 Å². The summed E-state index contributed by atoms with van der Waals surface area (Å²) in [5.74, 6) is -0.341. The molecule has 1 unspecified atom stereocenters. The van der Waals surface area contributed by atoms with E-state index in [9.17, 15) is 18.0 Å². The number of carbonyl (C=O) groups excluding carboxylic acids is 1. The van der Waals surface area contributed by atoms with Gasteiger partial charge in [-0.05, 0) is 18.1 Å². The molecular formula is C14H19F3N2O2. The zero-order valence-corrected chi connectivity index (χ0v) is 11.7. The highest BCUT2D eigenvalue weighted by molar-refractivity contribution is 5.91. The van der Waals surface area contributed by atoms with Crippen molar-refractivity contribution in [1.82, 2.24) is 0 Å². The van der Waals surface area contributed by atoms with Gasteiger partial charge in [-0.1, -0.05) is 18.2 Å². The minimum Gasteiger partial charge on any atom is -0.380 e. The number of hydrogen-bond acceptors (Lipinski definition) is 3. The molecule has 1 aromatic rings. The molecule has 0 saturated heterocycles. The molecule has 0 heterocycles. The molecule has 0 bridgehead atoms. The number of benzene rings is 1. The summed E-state index contributed by atoms with van der Waals surface area (Å²) in [5, 5.41) is 2.60. The highest BCUT2D eigenvalue weighted by Gasteiger charge is 2.27. The maximum atomic E-state index is 12.3. The molecular weight excluding hydrogens is 285 g/mol. The number of anilines is 1. The van der Waals surface area contributed by atoms with Crippen LogP contribution in [0.15, 0.2) is 24.3 Å². The Morgan fingerprint density at radius 2 is 2.05 bits per heavy atom. The molecule has 0 spiro atoms. The van der Waals surface area contributed by atoms with Gasteiger partial charge in [-0.25, -0.2) is 0 Å². The number of methoxy groups -OCH3 is 1. The largest absolute Gasteiger partial charge is 0.389 e. The van der Waals surface area contributed by atoms with E-state index in [1.165, 1.54) is 7.11 Å². The van der Waals surface area contributed by atoms with Crippen LogP contribution < -0.4 is 11.1 Å². The van der Waals surface area contributed by atoms with Crippen molar-refractivity contribution < 1.29 is 22.7 Å². The second-order valence-corrected chi connectivity index (χ2v) is 4.62. The minimum atomic E-state index is -4.22. The number of rotatable bonds is 7. The molecule has 1 amide bonds. The summed E-state index contributed by atoms with van der Waals surface area (Å²) in [5.41, 5.74) is 6.26. The summed E-state index contributed by atoms with van der Waals surface area (Å²) in [4.78, 5) is 11.8. The molecule has 0 aromatic heterocycles. The summed E-state index contributed by atoms with van der Waals surface area (Å²) in [6.45, 7) is 0.194. The number of nitrogens with two attached hydrogens (primary N) is 1. The number of halogens is 3. The number of carbonyl (C=O) groups is 1. The van der Waals surface area contributed by atoms with Crippen LogP contribution in [-0.2, 0) is 16.0 Å². The van der Waals surface area contributed by atoms with Gasteiger partial charge in [0.05, 0.1) is 12.5 Å². The first-order valence-electron chi connectivity index (χ1n) is 6.53. The molecule has 1 atom stereocenters. The molecule has 21 heavy (non-hydrogen) atoms. The predicted octanol–water partition coefficient (Wildman–Crippen LogP) is 2.48. The second-order valence-electron chi connectivity index (χ2n) is 4.62. The van der Waals surface area contributed by atoms with Crippen LogP contribution in [0.1, 0.15) is 18.4 Å². The number of alkyl halides is 3. The van der Waals surface area contributed by atoms with Crippen LogP contribution in [0.5, 0.6) is 0 Å². The number of hydrogen-bond donors (Lipinski definition) is 2. The van der Waals surface area contributed by atoms with E-state index in [2.05, 4.69) is 5.32 Å². The summed E-state index contributed by atoms with van der Waals surface area (Å²) >= 11 is 0. The summed E-state index contributed by atoms with van der Waals surface area (Å²) < 4.78 is 41.8. The van der Waals surface area contributed by atoms with Gasteiger partial charge in [0, 0.05) is 25.8 Å². The second kappa shape index (κ2) is 7.99. The Labute approximate surface area is 121 Å². The SMILES string of the molecule is COC(CN)CC(=O)Nc1ccccc1CCC(F)(F)F. The Morgan fingerprint density at radius 3 is 2.62 bits per heavy atom. The number of nitrogens with one attached hydrogen (secondary N) is 1. The number of aryl methyl sites for hydroxylation is 1. The predicted molar refractivity (Wildman–Crippen MR) is 73.9 cm³/mol. The van der Waals surface area contributed by atoms with Crippen molar-refractivity contribution in [3.8, 4) is 0 Å². The van der Waals surface area contributed by atoms with E-state index in [-0.39, 0.29) is 25.3 Å². The van der Waals surface area contributed by atoms with Crippen molar-refractivity contribution in [2.75, 3.05) is 19.0 Å². The van der Waals surface area contributed by atoms with Gasteiger partial charge in [0.25, 0.3) is 0 Å². The molecule has 0 aliphatic heterocycles. The molecule has 0 saturated carbocycles. The fraction of sp³-hybridized carbons (Fsp3) is 0.500. The number of para-hydroxylation sites is 1. The maximum Gasteiger partial charge on any atom is 0.389 e. The molecule has 7 heteroatoms. The third-order valence-electron chi connectivity index (χ3n) is 2.98. The van der Waals surface area contributed by atoms with Gasteiger partial charge in [0.15, 0.2) is 0 Å². The number of amides is 1. The third kappa shape index (κ3) is 6.59. The van der Waals surface area contributed by atoms with E-state index < -0.39 is 18.7 Å². The lowest BCUT2D eigenvalue weighted by molar-refractivity contribution is -0.133. The van der Waals surface area contributed by atoms with Crippen molar-refractivity contribution in [3.63, 3.8) is 0 Å². The molecule has 0 radical (unpaired) electrons. The topological polar surface area (TPSA) is 64.3 Å². The highest BCUT2D eigenvalue weighted by Crippen LogP contribution is 2.25. The summed E-state index contributed by atoms with van der Waals surface area (Å²) in [6.07, 6.45) is -5.68. The van der Waals surface area contributed by atoms with Crippen LogP contribution >= 0.6 is 0 Å². The Kier molecular flexibility index (Phi) is 6.64. The normalized spacial score (nSPS) is 13.0. The van der Waals surface area contributed by atoms with Crippen LogP contribution in [-0.4, -0.2) is 31.8 Å². The van der Waals surface area contributed by atoms with Crippen molar-refractivity contribution >= 4 is 11.6 Å². The smallest absolute Gasteiger partial charge is 0.380 e. The van der Waals surface area contributed by atoms with Gasteiger partial charge in [0.2, 0.25) is 5.91 Å². The lowest BCUT2D eigenvalue weighted by Crippen LogP contribution is -2.28.